The zero-order valence-electron chi connectivity index (χ0n) is 20.3. The van der Waals surface area contributed by atoms with Crippen LogP contribution in [0.4, 0.5) is 0 Å². The van der Waals surface area contributed by atoms with Gasteiger partial charge in [-0.1, -0.05) is 32.0 Å². The highest BCUT2D eigenvalue weighted by Crippen LogP contribution is 2.38. The van der Waals surface area contributed by atoms with Gasteiger partial charge in [0, 0.05) is 17.9 Å². The van der Waals surface area contributed by atoms with Crippen LogP contribution in [0, 0.1) is 0 Å². The van der Waals surface area contributed by atoms with Gasteiger partial charge in [-0.2, -0.15) is 11.8 Å². The summed E-state index contributed by atoms with van der Waals surface area (Å²) in [4.78, 5) is 38.8. The summed E-state index contributed by atoms with van der Waals surface area (Å²) < 4.78 is 6.87. The van der Waals surface area contributed by atoms with Gasteiger partial charge in [0.2, 0.25) is 5.88 Å². The topological polar surface area (TPSA) is 110 Å². The summed E-state index contributed by atoms with van der Waals surface area (Å²) in [6, 6.07) is 15.1. The molecule has 0 spiro atoms. The Morgan fingerprint density at radius 2 is 1.73 bits per heavy atom. The second-order valence-electron chi connectivity index (χ2n) is 8.70. The maximum absolute atomic E-state index is 12.9. The van der Waals surface area contributed by atoms with Crippen molar-refractivity contribution in [2.45, 2.75) is 36.3 Å². The number of hydrogen-bond acceptors (Lipinski definition) is 8. The summed E-state index contributed by atoms with van der Waals surface area (Å²) in [5.41, 5.74) is 1.90. The van der Waals surface area contributed by atoms with Crippen LogP contribution in [-0.2, 0) is 9.59 Å². The second kappa shape index (κ2) is 10.1. The van der Waals surface area contributed by atoms with E-state index < -0.39 is 11.5 Å². The molecule has 7 nitrogen and oxygen atoms in total. The Labute approximate surface area is 221 Å². The van der Waals surface area contributed by atoms with E-state index in [1.54, 1.807) is 48.5 Å². The minimum Gasteiger partial charge on any atom is -0.494 e. The Morgan fingerprint density at radius 1 is 0.973 bits per heavy atom. The fourth-order valence-electron chi connectivity index (χ4n) is 4.73. The van der Waals surface area contributed by atoms with E-state index in [0.717, 1.165) is 11.5 Å². The molecule has 1 fully saturated rings. The van der Waals surface area contributed by atoms with Gasteiger partial charge in [-0.25, -0.2) is 4.79 Å². The molecule has 0 saturated heterocycles. The van der Waals surface area contributed by atoms with Gasteiger partial charge in [-0.05, 0) is 53.0 Å². The summed E-state index contributed by atoms with van der Waals surface area (Å²) in [6.45, 7) is 3.92. The van der Waals surface area contributed by atoms with E-state index >= 15 is 0 Å². The van der Waals surface area contributed by atoms with Gasteiger partial charge in [0.25, 0.3) is 0 Å². The largest absolute Gasteiger partial charge is 0.494 e. The van der Waals surface area contributed by atoms with E-state index in [4.69, 9.17) is 4.42 Å². The molecule has 2 aromatic heterocycles. The lowest BCUT2D eigenvalue weighted by Crippen LogP contribution is -2.16. The van der Waals surface area contributed by atoms with E-state index in [1.165, 1.54) is 34.2 Å². The van der Waals surface area contributed by atoms with Crippen LogP contribution in [0.15, 0.2) is 68.7 Å². The van der Waals surface area contributed by atoms with Gasteiger partial charge in [-0.3, -0.25) is 14.2 Å². The summed E-state index contributed by atoms with van der Waals surface area (Å²) in [5.74, 6) is 0.434. The van der Waals surface area contributed by atoms with Crippen LogP contribution in [-0.4, -0.2) is 43.1 Å². The number of benzene rings is 2. The number of aromatic hydroxyl groups is 2. The molecule has 2 unspecified atom stereocenters. The van der Waals surface area contributed by atoms with Gasteiger partial charge >= 0.3 is 5.63 Å². The first-order valence-electron chi connectivity index (χ1n) is 12.0. The maximum Gasteiger partial charge on any atom is 0.344 e. The Morgan fingerprint density at radius 3 is 2.43 bits per heavy atom. The molecule has 9 heteroatoms. The Hall–Kier alpha value is -3.43. The summed E-state index contributed by atoms with van der Waals surface area (Å²) in [5, 5.41) is 21.1. The molecule has 0 radical (unpaired) electrons. The first-order chi connectivity index (χ1) is 17.8. The van der Waals surface area contributed by atoms with Gasteiger partial charge < -0.3 is 14.6 Å². The molecule has 0 bridgehead atoms. The highest BCUT2D eigenvalue weighted by atomic mass is 32.2. The van der Waals surface area contributed by atoms with Crippen molar-refractivity contribution in [2.75, 3.05) is 11.5 Å². The summed E-state index contributed by atoms with van der Waals surface area (Å²) in [7, 11) is 0. The Balaban J connectivity index is 1.49. The number of fused-ring (bicyclic) bond motifs is 1. The lowest BCUT2D eigenvalue weighted by Gasteiger charge is -2.11. The van der Waals surface area contributed by atoms with E-state index in [-0.39, 0.29) is 35.0 Å². The minimum atomic E-state index is -0.791. The number of carbonyl (C=O) groups excluding carboxylic acids is 2. The lowest BCUT2D eigenvalue weighted by molar-refractivity contribution is -0.123. The SMILES string of the molecule is CCSc1cc(O)n(-c2ccc(-c3cc4cc(C5C(=O)CC(SCC)C5=O)ccc4oc3=O)cc2)c1O. The molecule has 1 aliphatic carbocycles. The van der Waals surface area contributed by atoms with E-state index in [0.29, 0.717) is 38.2 Å². The number of Topliss-reactive ketones (excluding diaryl/α,β-unsaturated/α-hetero) is 2. The van der Waals surface area contributed by atoms with Crippen LogP contribution in [0.5, 0.6) is 11.8 Å². The third-order valence-electron chi connectivity index (χ3n) is 6.43. The molecule has 37 heavy (non-hydrogen) atoms. The molecule has 1 saturated carbocycles. The van der Waals surface area contributed by atoms with E-state index in [9.17, 15) is 24.6 Å². The molecule has 0 amide bonds. The number of thioether (sulfide) groups is 2. The molecular formula is C28H25NO6S2. The van der Waals surface area contributed by atoms with Crippen LogP contribution >= 0.6 is 23.5 Å². The average molecular weight is 536 g/mol. The standard InChI is InChI=1S/C28H25NO6S2/c1-3-36-22-13-20(30)25(26(22)32)16-7-10-21-17(11-16)12-19(28(34)35-21)15-5-8-18(9-6-15)29-24(31)14-23(27(29)33)37-4-2/h5-12,14,22,25,31,33H,3-4,13H2,1-2H3. The van der Waals surface area contributed by atoms with Crippen molar-refractivity contribution < 1.29 is 24.2 Å². The van der Waals surface area contributed by atoms with Crippen molar-refractivity contribution in [3.8, 4) is 28.6 Å². The van der Waals surface area contributed by atoms with Crippen LogP contribution in [0.25, 0.3) is 27.8 Å². The maximum atomic E-state index is 12.9. The van der Waals surface area contributed by atoms with Crippen molar-refractivity contribution in [3.63, 3.8) is 0 Å². The lowest BCUT2D eigenvalue weighted by atomic mass is 9.94. The Kier molecular flexibility index (Phi) is 6.92. The predicted molar refractivity (Wildman–Crippen MR) is 146 cm³/mol. The summed E-state index contributed by atoms with van der Waals surface area (Å²) in [6.07, 6.45) is 0.243. The fourth-order valence-corrected chi connectivity index (χ4v) is 6.44. The van der Waals surface area contributed by atoms with Crippen LogP contribution in [0.1, 0.15) is 31.7 Å². The van der Waals surface area contributed by atoms with Crippen molar-refractivity contribution in [3.05, 3.63) is 70.6 Å². The number of ketones is 2. The van der Waals surface area contributed by atoms with Gasteiger partial charge in [0.15, 0.2) is 11.7 Å². The predicted octanol–water partition coefficient (Wildman–Crippen LogP) is 5.52. The van der Waals surface area contributed by atoms with Gasteiger partial charge in [-0.15, -0.1) is 11.8 Å². The first kappa shape index (κ1) is 25.2. The fraction of sp³-hybridized carbons (Fsp3) is 0.250. The molecule has 4 aromatic rings. The molecule has 1 aliphatic rings. The normalized spacial score (nSPS) is 17.7. The van der Waals surface area contributed by atoms with Crippen molar-refractivity contribution >= 4 is 46.1 Å². The smallest absolute Gasteiger partial charge is 0.344 e. The van der Waals surface area contributed by atoms with Crippen LogP contribution < -0.4 is 5.63 Å². The van der Waals surface area contributed by atoms with E-state index in [1.807, 2.05) is 13.8 Å². The second-order valence-corrected chi connectivity index (χ2v) is 11.5. The highest BCUT2D eigenvalue weighted by Gasteiger charge is 2.42. The van der Waals surface area contributed by atoms with Crippen molar-refractivity contribution in [1.29, 1.82) is 0 Å². The molecule has 2 aromatic carbocycles. The number of rotatable bonds is 7. The molecular weight excluding hydrogens is 510 g/mol. The highest BCUT2D eigenvalue weighted by molar-refractivity contribution is 8.00. The molecule has 2 heterocycles. The van der Waals surface area contributed by atoms with Crippen LogP contribution in [0.2, 0.25) is 0 Å². The third kappa shape index (κ3) is 4.57. The average Bonchev–Trinajstić information content (AvgIpc) is 3.32. The van der Waals surface area contributed by atoms with Crippen molar-refractivity contribution in [2.24, 2.45) is 0 Å². The molecule has 190 valence electrons. The third-order valence-corrected chi connectivity index (χ3v) is 8.46. The Bertz CT molecular complexity index is 1570. The monoisotopic (exact) mass is 535 g/mol. The molecule has 5 rings (SSSR count). The van der Waals surface area contributed by atoms with Crippen LogP contribution in [0.3, 0.4) is 0 Å². The van der Waals surface area contributed by atoms with E-state index in [2.05, 4.69) is 0 Å². The number of nitrogens with zero attached hydrogens (tertiary/aromatic N) is 1. The summed E-state index contributed by atoms with van der Waals surface area (Å²) >= 11 is 2.91. The molecule has 0 aliphatic heterocycles. The number of aromatic nitrogens is 1. The minimum absolute atomic E-state index is 0.0505. The zero-order valence-corrected chi connectivity index (χ0v) is 21.9. The van der Waals surface area contributed by atoms with Crippen molar-refractivity contribution in [1.82, 2.24) is 4.57 Å². The number of hydrogen-bond donors (Lipinski definition) is 2. The quantitative estimate of drug-likeness (QED) is 0.181. The zero-order chi connectivity index (χ0) is 26.3. The molecule has 2 atom stereocenters. The molecule has 2 N–H and O–H groups in total. The number of carbonyl (C=O) groups is 2. The van der Waals surface area contributed by atoms with Gasteiger partial charge in [0.1, 0.15) is 17.3 Å². The van der Waals surface area contributed by atoms with Gasteiger partial charge in [0.05, 0.1) is 21.4 Å². The first-order valence-corrected chi connectivity index (χ1v) is 14.0.